The smallest absolute Gasteiger partial charge is 0.0924 e. The molecule has 13 heavy (non-hydrogen) atoms. The second-order valence-electron chi connectivity index (χ2n) is 2.46. The molecule has 0 fully saturated rings. The SMILES string of the molecule is C=CCON/C=C/c1ccccc1. The summed E-state index contributed by atoms with van der Waals surface area (Å²) < 4.78 is 0. The van der Waals surface area contributed by atoms with Gasteiger partial charge in [-0.25, -0.2) is 0 Å². The average molecular weight is 175 g/mol. The lowest BCUT2D eigenvalue weighted by Crippen LogP contribution is -2.05. The Bertz CT molecular complexity index is 267. The molecule has 0 aliphatic carbocycles. The van der Waals surface area contributed by atoms with E-state index in [1.807, 2.05) is 36.4 Å². The maximum atomic E-state index is 4.95. The molecule has 1 N–H and O–H groups in total. The van der Waals surface area contributed by atoms with Crippen molar-refractivity contribution >= 4 is 6.08 Å². The quantitative estimate of drug-likeness (QED) is 0.421. The minimum Gasteiger partial charge on any atom is -0.274 e. The number of rotatable bonds is 5. The molecule has 0 aliphatic heterocycles. The summed E-state index contributed by atoms with van der Waals surface area (Å²) in [6, 6.07) is 10.0. The number of nitrogens with one attached hydrogen (secondary N) is 1. The van der Waals surface area contributed by atoms with E-state index in [-0.39, 0.29) is 0 Å². The van der Waals surface area contributed by atoms with Crippen LogP contribution in [0.15, 0.2) is 49.2 Å². The molecular weight excluding hydrogens is 162 g/mol. The molecule has 0 unspecified atom stereocenters. The van der Waals surface area contributed by atoms with Crippen molar-refractivity contribution in [2.75, 3.05) is 6.61 Å². The van der Waals surface area contributed by atoms with E-state index in [4.69, 9.17) is 4.84 Å². The van der Waals surface area contributed by atoms with Crippen molar-refractivity contribution in [3.05, 3.63) is 54.8 Å². The Morgan fingerprint density at radius 2 is 2.08 bits per heavy atom. The summed E-state index contributed by atoms with van der Waals surface area (Å²) in [4.78, 5) is 4.95. The van der Waals surface area contributed by atoms with Gasteiger partial charge in [-0.3, -0.25) is 10.3 Å². The van der Waals surface area contributed by atoms with Crippen LogP contribution in [0.1, 0.15) is 5.56 Å². The van der Waals surface area contributed by atoms with Crippen molar-refractivity contribution in [3.63, 3.8) is 0 Å². The first-order valence-electron chi connectivity index (χ1n) is 4.13. The molecule has 0 saturated heterocycles. The number of hydroxylamine groups is 1. The molecule has 0 saturated carbocycles. The van der Waals surface area contributed by atoms with Gasteiger partial charge in [0.15, 0.2) is 0 Å². The van der Waals surface area contributed by atoms with Crippen LogP contribution in [-0.2, 0) is 4.84 Å². The van der Waals surface area contributed by atoms with Crippen molar-refractivity contribution in [2.24, 2.45) is 0 Å². The molecule has 0 radical (unpaired) electrons. The van der Waals surface area contributed by atoms with E-state index in [0.717, 1.165) is 5.56 Å². The Morgan fingerprint density at radius 3 is 2.77 bits per heavy atom. The fraction of sp³-hybridized carbons (Fsp3) is 0.0909. The summed E-state index contributed by atoms with van der Waals surface area (Å²) in [7, 11) is 0. The standard InChI is InChI=1S/C11H13NO/c1-2-10-13-12-9-8-11-6-4-3-5-7-11/h2-9,12H,1,10H2/b9-8+. The van der Waals surface area contributed by atoms with E-state index in [1.54, 1.807) is 12.3 Å². The fourth-order valence-corrected chi connectivity index (χ4v) is 0.850. The topological polar surface area (TPSA) is 21.3 Å². The van der Waals surface area contributed by atoms with Crippen molar-refractivity contribution in [1.82, 2.24) is 5.48 Å². The predicted octanol–water partition coefficient (Wildman–Crippen LogP) is 2.36. The molecule has 1 aromatic rings. The van der Waals surface area contributed by atoms with Crippen LogP contribution >= 0.6 is 0 Å². The highest BCUT2D eigenvalue weighted by Crippen LogP contribution is 1.99. The Morgan fingerprint density at radius 1 is 1.31 bits per heavy atom. The first-order valence-corrected chi connectivity index (χ1v) is 4.13. The predicted molar refractivity (Wildman–Crippen MR) is 54.8 cm³/mol. The largest absolute Gasteiger partial charge is 0.274 e. The normalized spacial score (nSPS) is 10.2. The second kappa shape index (κ2) is 6.03. The third-order valence-electron chi connectivity index (χ3n) is 1.43. The molecule has 1 rings (SSSR count). The van der Waals surface area contributed by atoms with Crippen LogP contribution < -0.4 is 5.48 Å². The summed E-state index contributed by atoms with van der Waals surface area (Å²) in [6.07, 6.45) is 5.37. The lowest BCUT2D eigenvalue weighted by Gasteiger charge is -1.97. The molecule has 2 nitrogen and oxygen atoms in total. The molecule has 0 atom stereocenters. The molecule has 0 aliphatic rings. The first kappa shape index (κ1) is 9.55. The third-order valence-corrected chi connectivity index (χ3v) is 1.43. The van der Waals surface area contributed by atoms with E-state index in [0.29, 0.717) is 6.61 Å². The van der Waals surface area contributed by atoms with E-state index in [1.165, 1.54) is 0 Å². The van der Waals surface area contributed by atoms with Crippen LogP contribution in [0.4, 0.5) is 0 Å². The molecule has 0 aromatic heterocycles. The molecule has 1 aromatic carbocycles. The van der Waals surface area contributed by atoms with Crippen molar-refractivity contribution in [3.8, 4) is 0 Å². The summed E-state index contributed by atoms with van der Waals surface area (Å²) in [5.41, 5.74) is 3.82. The molecular formula is C11H13NO. The Balaban J connectivity index is 2.28. The minimum absolute atomic E-state index is 0.499. The first-order chi connectivity index (χ1) is 6.43. The van der Waals surface area contributed by atoms with Crippen LogP contribution in [0.5, 0.6) is 0 Å². The van der Waals surface area contributed by atoms with Gasteiger partial charge in [0.05, 0.1) is 6.61 Å². The van der Waals surface area contributed by atoms with E-state index in [2.05, 4.69) is 12.1 Å². The van der Waals surface area contributed by atoms with Crippen LogP contribution in [0.3, 0.4) is 0 Å². The molecule has 0 amide bonds. The number of hydrogen-bond acceptors (Lipinski definition) is 2. The highest BCUT2D eigenvalue weighted by molar-refractivity contribution is 5.47. The van der Waals surface area contributed by atoms with Crippen LogP contribution in [0, 0.1) is 0 Å². The zero-order chi connectivity index (χ0) is 9.36. The van der Waals surface area contributed by atoms with Crippen molar-refractivity contribution < 1.29 is 4.84 Å². The summed E-state index contributed by atoms with van der Waals surface area (Å²) in [5.74, 6) is 0. The lowest BCUT2D eigenvalue weighted by molar-refractivity contribution is 0.0963. The maximum absolute atomic E-state index is 4.95. The summed E-state index contributed by atoms with van der Waals surface area (Å²) in [6.45, 7) is 4.03. The molecule has 0 bridgehead atoms. The summed E-state index contributed by atoms with van der Waals surface area (Å²) >= 11 is 0. The second-order valence-corrected chi connectivity index (χ2v) is 2.46. The van der Waals surface area contributed by atoms with Gasteiger partial charge in [0, 0.05) is 6.20 Å². The highest BCUT2D eigenvalue weighted by Gasteiger charge is 1.80. The molecule has 68 valence electrons. The lowest BCUT2D eigenvalue weighted by atomic mass is 10.2. The van der Waals surface area contributed by atoms with Gasteiger partial charge in [-0.15, -0.1) is 6.58 Å². The highest BCUT2D eigenvalue weighted by atomic mass is 16.6. The van der Waals surface area contributed by atoms with E-state index >= 15 is 0 Å². The summed E-state index contributed by atoms with van der Waals surface area (Å²) in [5, 5.41) is 0. The van der Waals surface area contributed by atoms with Gasteiger partial charge >= 0.3 is 0 Å². The van der Waals surface area contributed by atoms with Gasteiger partial charge in [0.1, 0.15) is 0 Å². The van der Waals surface area contributed by atoms with E-state index in [9.17, 15) is 0 Å². The van der Waals surface area contributed by atoms with Gasteiger partial charge < -0.3 is 0 Å². The minimum atomic E-state index is 0.499. The number of hydrogen-bond donors (Lipinski definition) is 1. The van der Waals surface area contributed by atoms with Gasteiger partial charge in [-0.2, -0.15) is 0 Å². The fourth-order valence-electron chi connectivity index (χ4n) is 0.850. The van der Waals surface area contributed by atoms with Crippen LogP contribution in [-0.4, -0.2) is 6.61 Å². The molecule has 0 spiro atoms. The zero-order valence-corrected chi connectivity index (χ0v) is 7.44. The van der Waals surface area contributed by atoms with Gasteiger partial charge in [-0.1, -0.05) is 36.4 Å². The Kier molecular flexibility index (Phi) is 4.43. The van der Waals surface area contributed by atoms with Crippen LogP contribution in [0.2, 0.25) is 0 Å². The van der Waals surface area contributed by atoms with Gasteiger partial charge in [0.2, 0.25) is 0 Å². The zero-order valence-electron chi connectivity index (χ0n) is 7.44. The Hall–Kier alpha value is -1.54. The third kappa shape index (κ3) is 4.13. The van der Waals surface area contributed by atoms with Gasteiger partial charge in [0.25, 0.3) is 0 Å². The maximum Gasteiger partial charge on any atom is 0.0924 e. The van der Waals surface area contributed by atoms with Gasteiger partial charge in [-0.05, 0) is 11.6 Å². The van der Waals surface area contributed by atoms with Crippen molar-refractivity contribution in [1.29, 1.82) is 0 Å². The molecule has 2 heteroatoms. The van der Waals surface area contributed by atoms with Crippen molar-refractivity contribution in [2.45, 2.75) is 0 Å². The van der Waals surface area contributed by atoms with Crippen LogP contribution in [0.25, 0.3) is 6.08 Å². The molecule has 0 heterocycles. The van der Waals surface area contributed by atoms with E-state index < -0.39 is 0 Å². The monoisotopic (exact) mass is 175 g/mol. The Labute approximate surface area is 78.5 Å². The number of benzene rings is 1. The average Bonchev–Trinajstić information content (AvgIpc) is 2.19.